The third-order valence-corrected chi connectivity index (χ3v) is 6.22. The van der Waals surface area contributed by atoms with Crippen molar-refractivity contribution in [3.8, 4) is 11.1 Å². The molecule has 0 spiro atoms. The number of nitrogens with two attached hydrogens (primary N) is 1. The number of anilines is 1. The van der Waals surface area contributed by atoms with E-state index >= 15 is 0 Å². The van der Waals surface area contributed by atoms with Crippen molar-refractivity contribution in [2.24, 2.45) is 0 Å². The first-order valence-electron chi connectivity index (χ1n) is 11.0. The molecule has 2 aromatic carbocycles. The maximum Gasteiger partial charge on any atom is 0.255 e. The van der Waals surface area contributed by atoms with Crippen LogP contribution in [0, 0.1) is 0 Å². The van der Waals surface area contributed by atoms with Gasteiger partial charge in [0.15, 0.2) is 0 Å². The predicted molar refractivity (Wildman–Crippen MR) is 132 cm³/mol. The smallest absolute Gasteiger partial charge is 0.255 e. The Morgan fingerprint density at radius 3 is 2.45 bits per heavy atom. The minimum Gasteiger partial charge on any atom is -0.385 e. The third kappa shape index (κ3) is 5.52. The molecular weight excluding hydrogens is 484 g/mol. The third-order valence-electron chi connectivity index (χ3n) is 5.69. The van der Waals surface area contributed by atoms with Gasteiger partial charge in [-0.3, -0.25) is 14.5 Å². The molecule has 8 heteroatoms. The summed E-state index contributed by atoms with van der Waals surface area (Å²) in [6, 6.07) is 16.4. The monoisotopic (exact) mass is 510 g/mol. The topological polar surface area (TPSA) is 100 Å². The number of benzene rings is 2. The highest BCUT2D eigenvalue weighted by molar-refractivity contribution is 9.10. The molecule has 2 heterocycles. The second kappa shape index (κ2) is 10.8. The van der Waals surface area contributed by atoms with Crippen molar-refractivity contribution in [3.05, 3.63) is 75.9 Å². The number of hydrogen-bond donors (Lipinski definition) is 3. The quantitative estimate of drug-likeness (QED) is 0.316. The molecular formula is C25H27BrN4O3. The van der Waals surface area contributed by atoms with Crippen LogP contribution in [0.3, 0.4) is 0 Å². The van der Waals surface area contributed by atoms with Gasteiger partial charge in [0.05, 0.1) is 24.5 Å². The summed E-state index contributed by atoms with van der Waals surface area (Å²) in [5, 5.41) is 2.98. The fraction of sp³-hybridized carbons (Fsp3) is 0.280. The number of rotatable bonds is 8. The Labute approximate surface area is 201 Å². The molecule has 0 radical (unpaired) electrons. The highest BCUT2D eigenvalue weighted by Gasteiger charge is 2.27. The van der Waals surface area contributed by atoms with Gasteiger partial charge in [-0.05, 0) is 30.7 Å². The summed E-state index contributed by atoms with van der Waals surface area (Å²) in [7, 11) is 0. The second-order valence-corrected chi connectivity index (χ2v) is 8.84. The highest BCUT2D eigenvalue weighted by Crippen LogP contribution is 2.34. The van der Waals surface area contributed by atoms with Crippen LogP contribution >= 0.6 is 15.9 Å². The zero-order valence-corrected chi connectivity index (χ0v) is 19.9. The normalized spacial score (nSPS) is 14.2. The number of nitrogen functional groups attached to an aromatic ring is 1. The maximum absolute atomic E-state index is 13.3. The second-order valence-electron chi connectivity index (χ2n) is 7.93. The van der Waals surface area contributed by atoms with Crippen molar-refractivity contribution in [3.63, 3.8) is 0 Å². The number of carbonyl (C=O) groups is 2. The number of aromatic nitrogens is 1. The average molecular weight is 511 g/mol. The molecule has 3 aromatic rings. The van der Waals surface area contributed by atoms with E-state index in [0.717, 1.165) is 49.3 Å². The molecule has 0 saturated carbocycles. The Kier molecular flexibility index (Phi) is 7.59. The molecule has 1 aromatic heterocycles. The van der Waals surface area contributed by atoms with Gasteiger partial charge in [-0.1, -0.05) is 58.4 Å². The van der Waals surface area contributed by atoms with E-state index in [9.17, 15) is 9.59 Å². The van der Waals surface area contributed by atoms with Crippen molar-refractivity contribution in [1.82, 2.24) is 15.2 Å². The van der Waals surface area contributed by atoms with Crippen LogP contribution in [0.4, 0.5) is 5.82 Å². The number of nitrogens with zero attached hydrogens (tertiary/aromatic N) is 1. The SMILES string of the molecule is Nc1[nH]c(C(=O)c2ccccc2)c(-c2ccc(Br)cc2)c1C(=O)NCCCN1CCOCC1. The number of aromatic amines is 1. The Morgan fingerprint density at radius 1 is 1.06 bits per heavy atom. The molecule has 172 valence electrons. The number of ketones is 1. The van der Waals surface area contributed by atoms with Crippen LogP contribution in [0.15, 0.2) is 59.1 Å². The van der Waals surface area contributed by atoms with Crippen molar-refractivity contribution < 1.29 is 14.3 Å². The van der Waals surface area contributed by atoms with E-state index in [2.05, 4.69) is 31.1 Å². The van der Waals surface area contributed by atoms with Crippen LogP contribution < -0.4 is 11.1 Å². The molecule has 1 aliphatic rings. The van der Waals surface area contributed by atoms with Crippen LogP contribution in [0.2, 0.25) is 0 Å². The Bertz CT molecular complexity index is 1110. The molecule has 0 atom stereocenters. The van der Waals surface area contributed by atoms with Crippen LogP contribution in [-0.2, 0) is 4.74 Å². The van der Waals surface area contributed by atoms with Gasteiger partial charge in [0.25, 0.3) is 5.91 Å². The summed E-state index contributed by atoms with van der Waals surface area (Å²) < 4.78 is 6.27. The van der Waals surface area contributed by atoms with E-state index in [-0.39, 0.29) is 17.5 Å². The van der Waals surface area contributed by atoms with Gasteiger partial charge >= 0.3 is 0 Å². The van der Waals surface area contributed by atoms with Crippen molar-refractivity contribution >= 4 is 33.4 Å². The zero-order chi connectivity index (χ0) is 23.2. The lowest BCUT2D eigenvalue weighted by atomic mass is 9.96. The first kappa shape index (κ1) is 23.2. The summed E-state index contributed by atoms with van der Waals surface area (Å²) in [5.41, 5.74) is 8.62. The van der Waals surface area contributed by atoms with E-state index in [4.69, 9.17) is 10.5 Å². The Balaban J connectivity index is 1.58. The fourth-order valence-corrected chi connectivity index (χ4v) is 4.25. The number of H-pyrrole nitrogens is 1. The zero-order valence-electron chi connectivity index (χ0n) is 18.3. The van der Waals surface area contributed by atoms with E-state index < -0.39 is 0 Å². The summed E-state index contributed by atoms with van der Waals surface area (Å²) in [6.45, 7) is 4.74. The van der Waals surface area contributed by atoms with E-state index in [1.807, 2.05) is 30.3 Å². The van der Waals surface area contributed by atoms with Crippen molar-refractivity contribution in [2.75, 3.05) is 45.1 Å². The summed E-state index contributed by atoms with van der Waals surface area (Å²) in [4.78, 5) is 31.8. The average Bonchev–Trinajstić information content (AvgIpc) is 3.20. The lowest BCUT2D eigenvalue weighted by Gasteiger charge is -2.26. The van der Waals surface area contributed by atoms with Crippen molar-refractivity contribution in [2.45, 2.75) is 6.42 Å². The number of halogens is 1. The first-order chi connectivity index (χ1) is 16.0. The molecule has 1 aliphatic heterocycles. The molecule has 1 saturated heterocycles. The molecule has 7 nitrogen and oxygen atoms in total. The summed E-state index contributed by atoms with van der Waals surface area (Å²) in [5.74, 6) is -0.333. The fourth-order valence-electron chi connectivity index (χ4n) is 3.98. The number of ether oxygens (including phenoxy) is 1. The molecule has 4 N–H and O–H groups in total. The van der Waals surface area contributed by atoms with Gasteiger partial charge in [-0.2, -0.15) is 0 Å². The summed E-state index contributed by atoms with van der Waals surface area (Å²) in [6.07, 6.45) is 0.819. The largest absolute Gasteiger partial charge is 0.385 e. The maximum atomic E-state index is 13.3. The molecule has 0 bridgehead atoms. The van der Waals surface area contributed by atoms with Gasteiger partial charge < -0.3 is 20.8 Å². The van der Waals surface area contributed by atoms with Crippen LogP contribution in [0.5, 0.6) is 0 Å². The van der Waals surface area contributed by atoms with Crippen LogP contribution in [0.25, 0.3) is 11.1 Å². The highest BCUT2D eigenvalue weighted by atomic mass is 79.9. The van der Waals surface area contributed by atoms with Gasteiger partial charge in [0, 0.05) is 35.2 Å². The minimum absolute atomic E-state index is 0.179. The van der Waals surface area contributed by atoms with Crippen LogP contribution in [-0.4, -0.2) is 61.0 Å². The summed E-state index contributed by atoms with van der Waals surface area (Å²) >= 11 is 3.44. The lowest BCUT2D eigenvalue weighted by Crippen LogP contribution is -2.38. The molecule has 0 unspecified atom stereocenters. The number of carbonyl (C=O) groups excluding carboxylic acids is 2. The number of hydrogen-bond acceptors (Lipinski definition) is 5. The van der Waals surface area contributed by atoms with Crippen molar-refractivity contribution in [1.29, 1.82) is 0 Å². The van der Waals surface area contributed by atoms with Gasteiger partial charge in [-0.25, -0.2) is 0 Å². The Hall–Kier alpha value is -2.94. The van der Waals surface area contributed by atoms with E-state index in [1.54, 1.807) is 24.3 Å². The Morgan fingerprint density at radius 2 is 1.76 bits per heavy atom. The molecule has 0 aliphatic carbocycles. The van der Waals surface area contributed by atoms with Crippen LogP contribution in [0.1, 0.15) is 32.8 Å². The van der Waals surface area contributed by atoms with E-state index in [1.165, 1.54) is 0 Å². The first-order valence-corrected chi connectivity index (χ1v) is 11.8. The molecule has 33 heavy (non-hydrogen) atoms. The molecule has 4 rings (SSSR count). The number of amides is 1. The minimum atomic E-state index is -0.296. The molecule has 1 amide bonds. The standard InChI is InChI=1S/C25H27BrN4O3/c26-19-9-7-17(8-10-19)20-21(25(32)28-11-4-12-30-13-15-33-16-14-30)24(27)29-22(20)23(31)18-5-2-1-3-6-18/h1-3,5-10,29H,4,11-16,27H2,(H,28,32). The number of nitrogens with one attached hydrogen (secondary N) is 2. The lowest BCUT2D eigenvalue weighted by molar-refractivity contribution is 0.0374. The van der Waals surface area contributed by atoms with E-state index in [0.29, 0.717) is 28.9 Å². The molecule has 1 fully saturated rings. The van der Waals surface area contributed by atoms with Gasteiger partial charge in [0.2, 0.25) is 5.78 Å². The number of morpholine rings is 1. The van der Waals surface area contributed by atoms with Gasteiger partial charge in [-0.15, -0.1) is 0 Å². The predicted octanol–water partition coefficient (Wildman–Crippen LogP) is 3.71. The van der Waals surface area contributed by atoms with Gasteiger partial charge in [0.1, 0.15) is 5.82 Å².